The van der Waals surface area contributed by atoms with Gasteiger partial charge in [-0.25, -0.2) is 4.68 Å². The minimum atomic E-state index is -0.156. The Kier molecular flexibility index (Phi) is 5.22. The van der Waals surface area contributed by atoms with Gasteiger partial charge in [0.05, 0.1) is 18.3 Å². The minimum absolute atomic E-state index is 0.00227. The fourth-order valence-electron chi connectivity index (χ4n) is 3.76. The van der Waals surface area contributed by atoms with Gasteiger partial charge in [0.2, 0.25) is 0 Å². The van der Waals surface area contributed by atoms with Crippen LogP contribution >= 0.6 is 11.6 Å². The van der Waals surface area contributed by atoms with Gasteiger partial charge in [-0.1, -0.05) is 35.4 Å². The van der Waals surface area contributed by atoms with Crippen molar-refractivity contribution in [2.75, 3.05) is 13.1 Å². The van der Waals surface area contributed by atoms with Crippen LogP contribution in [0.4, 0.5) is 0 Å². The summed E-state index contributed by atoms with van der Waals surface area (Å²) in [6.07, 6.45) is 7.30. The second-order valence-electron chi connectivity index (χ2n) is 7.26. The fraction of sp³-hybridized carbons (Fsp3) is 0.526. The van der Waals surface area contributed by atoms with Gasteiger partial charge in [-0.05, 0) is 62.4 Å². The average molecular weight is 374 g/mol. The molecule has 2 aromatic rings. The van der Waals surface area contributed by atoms with Crippen LogP contribution in [-0.4, -0.2) is 34.0 Å². The van der Waals surface area contributed by atoms with E-state index in [-0.39, 0.29) is 11.9 Å². The zero-order valence-corrected chi connectivity index (χ0v) is 15.5. The second-order valence-corrected chi connectivity index (χ2v) is 7.70. The summed E-state index contributed by atoms with van der Waals surface area (Å²) >= 11 is 6.01. The Hall–Kier alpha value is -1.92. The summed E-state index contributed by atoms with van der Waals surface area (Å²) in [7, 11) is 0. The molecule has 1 aromatic heterocycles. The molecule has 1 amide bonds. The maximum Gasteiger partial charge on any atom is 0.273 e. The van der Waals surface area contributed by atoms with Crippen molar-refractivity contribution in [2.24, 2.45) is 5.92 Å². The number of rotatable bonds is 5. The van der Waals surface area contributed by atoms with Gasteiger partial charge in [0.1, 0.15) is 0 Å². The summed E-state index contributed by atoms with van der Waals surface area (Å²) in [4.78, 5) is 12.8. The van der Waals surface area contributed by atoms with Crippen molar-refractivity contribution < 1.29 is 4.79 Å². The third-order valence-corrected chi connectivity index (χ3v) is 5.81. The van der Waals surface area contributed by atoms with Gasteiger partial charge in [0.25, 0.3) is 5.91 Å². The van der Waals surface area contributed by atoms with E-state index in [1.54, 1.807) is 6.20 Å². The number of aromatic nitrogens is 3. The molecule has 4 rings (SSSR count). The van der Waals surface area contributed by atoms with Crippen molar-refractivity contribution in [1.82, 2.24) is 25.6 Å². The first-order valence-corrected chi connectivity index (χ1v) is 9.77. The van der Waals surface area contributed by atoms with Crippen molar-refractivity contribution in [3.63, 3.8) is 0 Å². The Morgan fingerprint density at radius 2 is 1.92 bits per heavy atom. The lowest BCUT2D eigenvalue weighted by atomic mass is 9.77. The standard InChI is InChI=1S/C19H24ClN5O/c20-15-6-4-14(5-7-15)18(13-2-1-3-13)22-19(26)17-12-25(24-23-17)16-8-10-21-11-9-16/h4-7,12-13,16,18,21H,1-3,8-11H2,(H,22,26). The number of nitrogens with one attached hydrogen (secondary N) is 2. The summed E-state index contributed by atoms with van der Waals surface area (Å²) in [5.74, 6) is 0.316. The van der Waals surface area contributed by atoms with E-state index in [1.165, 1.54) is 6.42 Å². The van der Waals surface area contributed by atoms with Crippen LogP contribution in [-0.2, 0) is 0 Å². The molecule has 1 saturated heterocycles. The van der Waals surface area contributed by atoms with Gasteiger partial charge in [0, 0.05) is 5.02 Å². The molecule has 2 fully saturated rings. The number of carbonyl (C=O) groups is 1. The van der Waals surface area contributed by atoms with Crippen molar-refractivity contribution in [1.29, 1.82) is 0 Å². The number of hydrogen-bond donors (Lipinski definition) is 2. The van der Waals surface area contributed by atoms with E-state index in [9.17, 15) is 4.79 Å². The van der Waals surface area contributed by atoms with E-state index in [0.717, 1.165) is 44.3 Å². The van der Waals surface area contributed by atoms with E-state index >= 15 is 0 Å². The molecule has 1 aliphatic heterocycles. The Labute approximate surface area is 158 Å². The number of hydrogen-bond acceptors (Lipinski definition) is 4. The molecular formula is C19H24ClN5O. The normalized spacial score (nSPS) is 19.7. The third kappa shape index (κ3) is 3.76. The van der Waals surface area contributed by atoms with Gasteiger partial charge in [-0.3, -0.25) is 4.79 Å². The lowest BCUT2D eigenvalue weighted by Gasteiger charge is -2.34. The topological polar surface area (TPSA) is 71.8 Å². The summed E-state index contributed by atoms with van der Waals surface area (Å²) in [6, 6.07) is 8.07. The SMILES string of the molecule is O=C(NC(c1ccc(Cl)cc1)C1CCC1)c1cn(C2CCNCC2)nn1. The first-order chi connectivity index (χ1) is 12.7. The molecule has 26 heavy (non-hydrogen) atoms. The van der Waals surface area contributed by atoms with E-state index in [0.29, 0.717) is 22.7 Å². The van der Waals surface area contributed by atoms with Crippen LogP contribution in [0.25, 0.3) is 0 Å². The summed E-state index contributed by atoms with van der Waals surface area (Å²) in [6.45, 7) is 1.96. The number of benzene rings is 1. The molecule has 1 unspecified atom stereocenters. The molecule has 2 aliphatic rings. The molecule has 2 heterocycles. The highest BCUT2D eigenvalue weighted by atomic mass is 35.5. The molecule has 0 spiro atoms. The molecule has 0 bridgehead atoms. The molecule has 7 heteroatoms. The van der Waals surface area contributed by atoms with Crippen molar-refractivity contribution >= 4 is 17.5 Å². The van der Waals surface area contributed by atoms with Crippen LogP contribution in [0.15, 0.2) is 30.5 Å². The number of piperidine rings is 1. The maximum absolute atomic E-state index is 12.8. The van der Waals surface area contributed by atoms with Crippen molar-refractivity contribution in [2.45, 2.75) is 44.2 Å². The zero-order chi connectivity index (χ0) is 17.9. The van der Waals surface area contributed by atoms with Gasteiger partial charge in [0.15, 0.2) is 5.69 Å². The Morgan fingerprint density at radius 3 is 2.58 bits per heavy atom. The highest BCUT2D eigenvalue weighted by Crippen LogP contribution is 2.38. The number of halogens is 1. The van der Waals surface area contributed by atoms with Gasteiger partial charge in [-0.15, -0.1) is 5.10 Å². The van der Waals surface area contributed by atoms with Crippen molar-refractivity contribution in [3.05, 3.63) is 46.7 Å². The average Bonchev–Trinajstić information content (AvgIpc) is 3.11. The number of amides is 1. The fourth-order valence-corrected chi connectivity index (χ4v) is 3.89. The summed E-state index contributed by atoms with van der Waals surface area (Å²) in [5, 5.41) is 15.5. The van der Waals surface area contributed by atoms with E-state index in [4.69, 9.17) is 11.6 Å². The van der Waals surface area contributed by atoms with Crippen LogP contribution in [0.1, 0.15) is 60.2 Å². The van der Waals surface area contributed by atoms with E-state index in [1.807, 2.05) is 28.9 Å². The predicted octanol–water partition coefficient (Wildman–Crippen LogP) is 3.13. The molecule has 0 radical (unpaired) electrons. The quantitative estimate of drug-likeness (QED) is 0.844. The van der Waals surface area contributed by atoms with Crippen LogP contribution in [0.2, 0.25) is 5.02 Å². The molecule has 138 valence electrons. The first-order valence-electron chi connectivity index (χ1n) is 9.39. The Morgan fingerprint density at radius 1 is 1.19 bits per heavy atom. The molecule has 6 nitrogen and oxygen atoms in total. The number of nitrogens with zero attached hydrogens (tertiary/aromatic N) is 3. The lowest BCUT2D eigenvalue weighted by molar-refractivity contribution is 0.0895. The largest absolute Gasteiger partial charge is 0.344 e. The predicted molar refractivity (Wildman–Crippen MR) is 100 cm³/mol. The van der Waals surface area contributed by atoms with Gasteiger partial charge >= 0.3 is 0 Å². The molecule has 1 saturated carbocycles. The molecule has 1 atom stereocenters. The smallest absolute Gasteiger partial charge is 0.273 e. The van der Waals surface area contributed by atoms with Gasteiger partial charge < -0.3 is 10.6 Å². The highest BCUT2D eigenvalue weighted by Gasteiger charge is 2.30. The summed E-state index contributed by atoms with van der Waals surface area (Å²) < 4.78 is 1.84. The van der Waals surface area contributed by atoms with Crippen LogP contribution in [0, 0.1) is 5.92 Å². The first kappa shape index (κ1) is 17.5. The van der Waals surface area contributed by atoms with E-state index in [2.05, 4.69) is 20.9 Å². The molecule has 2 N–H and O–H groups in total. The zero-order valence-electron chi connectivity index (χ0n) is 14.7. The molecular weight excluding hydrogens is 350 g/mol. The van der Waals surface area contributed by atoms with Crippen molar-refractivity contribution in [3.8, 4) is 0 Å². The number of carbonyl (C=O) groups excluding carboxylic acids is 1. The maximum atomic E-state index is 12.8. The third-order valence-electron chi connectivity index (χ3n) is 5.56. The Bertz CT molecular complexity index is 750. The molecule has 1 aromatic carbocycles. The lowest BCUT2D eigenvalue weighted by Crippen LogP contribution is -2.36. The van der Waals surface area contributed by atoms with Crippen LogP contribution in [0.5, 0.6) is 0 Å². The minimum Gasteiger partial charge on any atom is -0.344 e. The van der Waals surface area contributed by atoms with Gasteiger partial charge in [-0.2, -0.15) is 0 Å². The van der Waals surface area contributed by atoms with Crippen LogP contribution in [0.3, 0.4) is 0 Å². The Balaban J connectivity index is 1.47. The van der Waals surface area contributed by atoms with E-state index < -0.39 is 0 Å². The molecule has 1 aliphatic carbocycles. The second kappa shape index (κ2) is 7.76. The monoisotopic (exact) mass is 373 g/mol. The summed E-state index contributed by atoms with van der Waals surface area (Å²) in [5.41, 5.74) is 1.49. The van der Waals surface area contributed by atoms with Crippen LogP contribution < -0.4 is 10.6 Å². The highest BCUT2D eigenvalue weighted by molar-refractivity contribution is 6.30.